The first-order chi connectivity index (χ1) is 11.9. The molecule has 2 aromatic carbocycles. The molecule has 0 saturated heterocycles. The highest BCUT2D eigenvalue weighted by Gasteiger charge is 2.11. The molecular formula is C18H13BrFN3O2. The van der Waals surface area contributed by atoms with Gasteiger partial charge in [0.15, 0.2) is 0 Å². The fourth-order valence-corrected chi connectivity index (χ4v) is 2.35. The topological polar surface area (TPSA) is 82.0 Å². The van der Waals surface area contributed by atoms with Gasteiger partial charge in [0.25, 0.3) is 5.91 Å². The highest BCUT2D eigenvalue weighted by Crippen LogP contribution is 2.19. The molecule has 0 atom stereocenters. The van der Waals surface area contributed by atoms with E-state index in [-0.39, 0.29) is 17.0 Å². The molecule has 0 aliphatic heterocycles. The minimum Gasteiger partial charge on any atom is -0.326 e. The third-order valence-electron chi connectivity index (χ3n) is 3.09. The fourth-order valence-electron chi connectivity index (χ4n) is 1.97. The molecule has 0 aliphatic carbocycles. The number of nitrogens with zero attached hydrogens (tertiary/aromatic N) is 1. The van der Waals surface area contributed by atoms with Crippen molar-refractivity contribution in [1.82, 2.24) is 0 Å². The second-order valence-corrected chi connectivity index (χ2v) is 5.96. The molecule has 2 amide bonds. The summed E-state index contributed by atoms with van der Waals surface area (Å²) >= 11 is 3.21. The molecule has 2 N–H and O–H groups in total. The molecule has 2 rings (SSSR count). The van der Waals surface area contributed by atoms with E-state index in [1.807, 2.05) is 0 Å². The van der Waals surface area contributed by atoms with Crippen LogP contribution in [-0.4, -0.2) is 11.8 Å². The Bertz CT molecular complexity index is 886. The molecule has 2 aromatic rings. The van der Waals surface area contributed by atoms with Crippen LogP contribution in [0.2, 0.25) is 0 Å². The lowest BCUT2D eigenvalue weighted by atomic mass is 10.1. The van der Waals surface area contributed by atoms with E-state index in [1.54, 1.807) is 30.3 Å². The monoisotopic (exact) mass is 401 g/mol. The summed E-state index contributed by atoms with van der Waals surface area (Å²) in [5, 5.41) is 14.3. The van der Waals surface area contributed by atoms with Gasteiger partial charge in [-0.2, -0.15) is 5.26 Å². The maximum Gasteiger partial charge on any atom is 0.266 e. The van der Waals surface area contributed by atoms with Crippen LogP contribution < -0.4 is 10.6 Å². The molecule has 7 heteroatoms. The number of nitriles is 1. The third kappa shape index (κ3) is 5.26. The Hall–Kier alpha value is -2.98. The number of hydrogen-bond acceptors (Lipinski definition) is 3. The third-order valence-corrected chi connectivity index (χ3v) is 3.58. The molecular weight excluding hydrogens is 389 g/mol. The lowest BCUT2D eigenvalue weighted by Crippen LogP contribution is -2.13. The van der Waals surface area contributed by atoms with Gasteiger partial charge in [-0.1, -0.05) is 15.9 Å². The second-order valence-electron chi connectivity index (χ2n) is 5.05. The summed E-state index contributed by atoms with van der Waals surface area (Å²) in [5.41, 5.74) is 0.915. The second kappa shape index (κ2) is 8.22. The highest BCUT2D eigenvalue weighted by molar-refractivity contribution is 9.10. The van der Waals surface area contributed by atoms with Gasteiger partial charge in [-0.05, 0) is 48.5 Å². The molecule has 126 valence electrons. The van der Waals surface area contributed by atoms with E-state index >= 15 is 0 Å². The standard InChI is InChI=1S/C18H13BrFN3O2/c1-11(24)22-15-3-5-16(6-4-15)23-18(25)13(10-21)8-12-9-14(19)2-7-17(12)20/h2-9H,1H3,(H,22,24)(H,23,25)/b13-8+. The summed E-state index contributed by atoms with van der Waals surface area (Å²) in [4.78, 5) is 23.2. The average Bonchev–Trinajstić information content (AvgIpc) is 2.56. The molecule has 0 spiro atoms. The molecule has 0 fully saturated rings. The molecule has 0 bridgehead atoms. The van der Waals surface area contributed by atoms with Crippen molar-refractivity contribution in [3.05, 3.63) is 63.9 Å². The van der Waals surface area contributed by atoms with Gasteiger partial charge in [-0.15, -0.1) is 0 Å². The molecule has 0 aliphatic rings. The Balaban J connectivity index is 2.17. The smallest absolute Gasteiger partial charge is 0.266 e. The molecule has 0 radical (unpaired) electrons. The van der Waals surface area contributed by atoms with Crippen molar-refractivity contribution in [1.29, 1.82) is 5.26 Å². The predicted octanol–water partition coefficient (Wildman–Crippen LogP) is 4.09. The van der Waals surface area contributed by atoms with Gasteiger partial charge >= 0.3 is 0 Å². The Labute approximate surface area is 152 Å². The Kier molecular flexibility index (Phi) is 6.03. The van der Waals surface area contributed by atoms with Crippen LogP contribution in [0.25, 0.3) is 6.08 Å². The van der Waals surface area contributed by atoms with Gasteiger partial charge in [0, 0.05) is 28.3 Å². The normalized spacial score (nSPS) is 10.7. The van der Waals surface area contributed by atoms with E-state index in [9.17, 15) is 19.2 Å². The lowest BCUT2D eigenvalue weighted by Gasteiger charge is -2.07. The molecule has 0 saturated carbocycles. The summed E-state index contributed by atoms with van der Waals surface area (Å²) in [6, 6.07) is 12.4. The van der Waals surface area contributed by atoms with Crippen molar-refractivity contribution >= 4 is 45.2 Å². The minimum absolute atomic E-state index is 0.127. The number of carbonyl (C=O) groups is 2. The number of rotatable bonds is 4. The SMILES string of the molecule is CC(=O)Nc1ccc(NC(=O)/C(C#N)=C/c2cc(Br)ccc2F)cc1. The first kappa shape index (κ1) is 18.4. The van der Waals surface area contributed by atoms with Gasteiger partial charge in [0.1, 0.15) is 17.5 Å². The van der Waals surface area contributed by atoms with Crippen molar-refractivity contribution < 1.29 is 14.0 Å². The zero-order valence-corrected chi connectivity index (χ0v) is 14.7. The van der Waals surface area contributed by atoms with Gasteiger partial charge in [0.05, 0.1) is 0 Å². The summed E-state index contributed by atoms with van der Waals surface area (Å²) < 4.78 is 14.4. The highest BCUT2D eigenvalue weighted by atomic mass is 79.9. The van der Waals surface area contributed by atoms with Crippen LogP contribution in [0.15, 0.2) is 52.5 Å². The number of carbonyl (C=O) groups excluding carboxylic acids is 2. The number of nitrogens with one attached hydrogen (secondary N) is 2. The van der Waals surface area contributed by atoms with E-state index in [0.29, 0.717) is 15.8 Å². The Morgan fingerprint density at radius 1 is 1.12 bits per heavy atom. The van der Waals surface area contributed by atoms with Crippen LogP contribution in [0.3, 0.4) is 0 Å². The number of anilines is 2. The van der Waals surface area contributed by atoms with Crippen molar-refractivity contribution in [3.63, 3.8) is 0 Å². The van der Waals surface area contributed by atoms with Gasteiger partial charge in [-0.25, -0.2) is 4.39 Å². The largest absolute Gasteiger partial charge is 0.326 e. The molecule has 25 heavy (non-hydrogen) atoms. The van der Waals surface area contributed by atoms with Crippen LogP contribution >= 0.6 is 15.9 Å². The van der Waals surface area contributed by atoms with Crippen molar-refractivity contribution in [2.24, 2.45) is 0 Å². The fraction of sp³-hybridized carbons (Fsp3) is 0.0556. The molecule has 5 nitrogen and oxygen atoms in total. The van der Waals surface area contributed by atoms with Crippen LogP contribution in [-0.2, 0) is 9.59 Å². The molecule has 0 aromatic heterocycles. The first-order valence-electron chi connectivity index (χ1n) is 7.15. The van der Waals surface area contributed by atoms with E-state index in [4.69, 9.17) is 0 Å². The quantitative estimate of drug-likeness (QED) is 0.597. The Morgan fingerprint density at radius 3 is 2.28 bits per heavy atom. The van der Waals surface area contributed by atoms with E-state index < -0.39 is 11.7 Å². The average molecular weight is 402 g/mol. The number of halogens is 2. The molecule has 0 heterocycles. The minimum atomic E-state index is -0.658. The van der Waals surface area contributed by atoms with Crippen LogP contribution in [0.4, 0.5) is 15.8 Å². The van der Waals surface area contributed by atoms with Gasteiger partial charge < -0.3 is 10.6 Å². The number of amides is 2. The van der Waals surface area contributed by atoms with Crippen molar-refractivity contribution in [2.45, 2.75) is 6.92 Å². The van der Waals surface area contributed by atoms with Crippen molar-refractivity contribution in [3.8, 4) is 6.07 Å². The summed E-state index contributed by atoms with van der Waals surface area (Å²) in [6.07, 6.45) is 1.18. The maximum atomic E-state index is 13.8. The summed E-state index contributed by atoms with van der Waals surface area (Å²) in [7, 11) is 0. The van der Waals surface area contributed by atoms with Crippen LogP contribution in [0, 0.1) is 17.1 Å². The van der Waals surface area contributed by atoms with Gasteiger partial charge in [-0.3, -0.25) is 9.59 Å². The number of benzene rings is 2. The van der Waals surface area contributed by atoms with Gasteiger partial charge in [0.2, 0.25) is 5.91 Å². The van der Waals surface area contributed by atoms with E-state index in [0.717, 1.165) is 0 Å². The summed E-state index contributed by atoms with van der Waals surface area (Å²) in [6.45, 7) is 1.39. The van der Waals surface area contributed by atoms with E-state index in [1.165, 1.54) is 31.2 Å². The van der Waals surface area contributed by atoms with Crippen molar-refractivity contribution in [2.75, 3.05) is 10.6 Å². The summed E-state index contributed by atoms with van der Waals surface area (Å²) in [5.74, 6) is -1.40. The predicted molar refractivity (Wildman–Crippen MR) is 97.1 cm³/mol. The Morgan fingerprint density at radius 2 is 1.72 bits per heavy atom. The van der Waals surface area contributed by atoms with Crippen LogP contribution in [0.5, 0.6) is 0 Å². The van der Waals surface area contributed by atoms with Crippen LogP contribution in [0.1, 0.15) is 12.5 Å². The van der Waals surface area contributed by atoms with E-state index in [2.05, 4.69) is 26.6 Å². The molecule has 0 unspecified atom stereocenters. The maximum absolute atomic E-state index is 13.8. The zero-order valence-electron chi connectivity index (χ0n) is 13.1. The number of hydrogen-bond donors (Lipinski definition) is 2. The first-order valence-corrected chi connectivity index (χ1v) is 7.94. The zero-order chi connectivity index (χ0) is 18.4. The lowest BCUT2D eigenvalue weighted by molar-refractivity contribution is -0.114.